The Balaban J connectivity index is -0.0000000236. The van der Waals surface area contributed by atoms with Gasteiger partial charge in [-0.05, 0) is 0 Å². The zero-order valence-corrected chi connectivity index (χ0v) is 12.4. The van der Waals surface area contributed by atoms with Crippen molar-refractivity contribution in [3.05, 3.63) is 14.4 Å². The van der Waals surface area contributed by atoms with Gasteiger partial charge in [-0.2, -0.15) is 6.92 Å². The van der Waals surface area contributed by atoms with E-state index in [-0.39, 0.29) is 72.8 Å². The minimum Gasteiger partial charge on any atom is -0.358 e. The molecule has 0 amide bonds. The summed E-state index contributed by atoms with van der Waals surface area (Å²) in [5, 5.41) is 0. The van der Waals surface area contributed by atoms with Crippen LogP contribution in [-0.2, 0) is 65.4 Å². The average molecular weight is 278 g/mol. The molecule has 0 aromatic heterocycles. The molecule has 0 saturated heterocycles. The van der Waals surface area contributed by atoms with Crippen LogP contribution in [0.5, 0.6) is 0 Å². The Labute approximate surface area is 111 Å². The van der Waals surface area contributed by atoms with E-state index >= 15 is 0 Å². The minimum atomic E-state index is 0. The van der Waals surface area contributed by atoms with Gasteiger partial charge in [0.1, 0.15) is 0 Å². The Hall–Kier alpha value is 2.21. The Morgan fingerprint density at radius 2 is 0.889 bits per heavy atom. The molecule has 0 heterocycles. The zero-order valence-electron chi connectivity index (χ0n) is 6.69. The Morgan fingerprint density at radius 1 is 0.778 bits per heavy atom. The molecule has 0 aromatic rings. The van der Waals surface area contributed by atoms with Crippen LogP contribution >= 0.6 is 0 Å². The van der Waals surface area contributed by atoms with Gasteiger partial charge >= 0.3 is 0 Å². The van der Waals surface area contributed by atoms with Crippen molar-refractivity contribution in [2.45, 2.75) is 32.6 Å². The Bertz CT molecular complexity index is 14.9. The Kier molecular flexibility index (Phi) is 56.1. The topological polar surface area (TPSA) is 0 Å². The Morgan fingerprint density at radius 3 is 0.889 bits per heavy atom. The summed E-state index contributed by atoms with van der Waals surface area (Å²) in [5.74, 6) is 0. The molecule has 2 radical (unpaired) electrons. The summed E-state index contributed by atoms with van der Waals surface area (Å²) in [4.78, 5) is 0. The van der Waals surface area contributed by atoms with Crippen LogP contribution in [0.4, 0.5) is 0 Å². The SMILES string of the molecule is C1CCC1.[CH2-]C.[CH3-].[Y].[Y]. The second-order valence-electron chi connectivity index (χ2n) is 1.41. The van der Waals surface area contributed by atoms with Gasteiger partial charge in [-0.15, -0.1) is 0 Å². The molecular weight excluding hydrogens is 262 g/mol. The second kappa shape index (κ2) is 22.5. The standard InChI is InChI=1S/C4H8.C2H5.CH3.2Y/c1-2-4-3-1;1-2;;;/h1-4H2;1H2,2H3;1H3;;/q;2*-1;;. The molecule has 0 bridgehead atoms. The average Bonchev–Trinajstić information content (AvgIpc) is 1.36. The van der Waals surface area contributed by atoms with E-state index in [1.54, 1.807) is 6.92 Å². The minimum absolute atomic E-state index is 0. The molecule has 0 N–H and O–H groups in total. The molecule has 9 heavy (non-hydrogen) atoms. The smallest absolute Gasteiger partial charge is 0 e. The van der Waals surface area contributed by atoms with Crippen LogP contribution < -0.4 is 0 Å². The molecule has 0 aliphatic heterocycles. The summed E-state index contributed by atoms with van der Waals surface area (Å²) >= 11 is 0. The molecule has 0 unspecified atom stereocenters. The number of hydrogen-bond acceptors (Lipinski definition) is 0. The first-order valence-corrected chi connectivity index (χ1v) is 2.71. The molecular formula is C7H16Y2-2. The predicted octanol–water partition coefficient (Wildman–Crippen LogP) is 2.85. The molecule has 1 fully saturated rings. The summed E-state index contributed by atoms with van der Waals surface area (Å²) in [6, 6.07) is 0. The quantitative estimate of drug-likeness (QED) is 0.598. The summed E-state index contributed by atoms with van der Waals surface area (Å²) < 4.78 is 0. The van der Waals surface area contributed by atoms with Crippen LogP contribution in [0.1, 0.15) is 32.6 Å². The molecule has 1 aliphatic rings. The second-order valence-corrected chi connectivity index (χ2v) is 1.41. The van der Waals surface area contributed by atoms with Crippen molar-refractivity contribution in [3.8, 4) is 0 Å². The van der Waals surface area contributed by atoms with Gasteiger partial charge < -0.3 is 14.4 Å². The van der Waals surface area contributed by atoms with Gasteiger partial charge in [0, 0.05) is 65.4 Å². The maximum absolute atomic E-state index is 3.25. The van der Waals surface area contributed by atoms with Crippen molar-refractivity contribution in [3.63, 3.8) is 0 Å². The van der Waals surface area contributed by atoms with Crippen LogP contribution in [0.25, 0.3) is 0 Å². The first-order chi connectivity index (χ1) is 3.00. The van der Waals surface area contributed by atoms with E-state index in [0.29, 0.717) is 0 Å². The van der Waals surface area contributed by atoms with E-state index in [4.69, 9.17) is 0 Å². The van der Waals surface area contributed by atoms with Gasteiger partial charge in [0.2, 0.25) is 0 Å². The molecule has 0 aromatic carbocycles. The zero-order chi connectivity index (χ0) is 4.83. The normalized spacial score (nSPS) is 11.3. The summed E-state index contributed by atoms with van der Waals surface area (Å²) in [7, 11) is 0. The summed E-state index contributed by atoms with van der Waals surface area (Å²) in [5.41, 5.74) is 0. The molecule has 0 nitrogen and oxygen atoms in total. The van der Waals surface area contributed by atoms with Crippen LogP contribution in [0.15, 0.2) is 0 Å². The summed E-state index contributed by atoms with van der Waals surface area (Å²) in [6.07, 6.45) is 6.00. The molecule has 52 valence electrons. The van der Waals surface area contributed by atoms with E-state index < -0.39 is 0 Å². The van der Waals surface area contributed by atoms with Gasteiger partial charge in [-0.1, -0.05) is 25.7 Å². The molecule has 0 atom stereocenters. The first kappa shape index (κ1) is 22.5. The molecule has 1 saturated carbocycles. The van der Waals surface area contributed by atoms with E-state index in [1.807, 2.05) is 0 Å². The van der Waals surface area contributed by atoms with E-state index in [9.17, 15) is 0 Å². The van der Waals surface area contributed by atoms with Crippen LogP contribution in [0.2, 0.25) is 0 Å². The van der Waals surface area contributed by atoms with E-state index in [2.05, 4.69) is 6.92 Å². The monoisotopic (exact) mass is 278 g/mol. The third-order valence-corrected chi connectivity index (χ3v) is 1.000. The van der Waals surface area contributed by atoms with Gasteiger partial charge in [0.15, 0.2) is 0 Å². The van der Waals surface area contributed by atoms with Crippen LogP contribution in [-0.4, -0.2) is 0 Å². The fourth-order valence-corrected chi connectivity index (χ4v) is 0.250. The predicted molar refractivity (Wildman–Crippen MR) is 35.9 cm³/mol. The van der Waals surface area contributed by atoms with E-state index in [0.717, 1.165) is 0 Å². The fraction of sp³-hybridized carbons (Fsp3) is 0.714. The first-order valence-electron chi connectivity index (χ1n) is 2.71. The third-order valence-electron chi connectivity index (χ3n) is 1.000. The molecule has 1 aliphatic carbocycles. The van der Waals surface area contributed by atoms with E-state index in [1.165, 1.54) is 25.7 Å². The molecule has 2 heteroatoms. The van der Waals surface area contributed by atoms with Crippen molar-refractivity contribution in [2.75, 3.05) is 0 Å². The van der Waals surface area contributed by atoms with Crippen molar-refractivity contribution in [1.29, 1.82) is 0 Å². The maximum atomic E-state index is 3.25. The summed E-state index contributed by atoms with van der Waals surface area (Å²) in [6.45, 7) is 5.00. The van der Waals surface area contributed by atoms with Crippen molar-refractivity contribution in [2.24, 2.45) is 0 Å². The van der Waals surface area contributed by atoms with Crippen LogP contribution in [0, 0.1) is 14.4 Å². The largest absolute Gasteiger partial charge is 0.358 e. The maximum Gasteiger partial charge on any atom is 0 e. The molecule has 0 spiro atoms. The van der Waals surface area contributed by atoms with Crippen LogP contribution in [0.3, 0.4) is 0 Å². The van der Waals surface area contributed by atoms with Crippen molar-refractivity contribution >= 4 is 0 Å². The van der Waals surface area contributed by atoms with Gasteiger partial charge in [0.05, 0.1) is 0 Å². The van der Waals surface area contributed by atoms with Gasteiger partial charge in [-0.25, -0.2) is 0 Å². The van der Waals surface area contributed by atoms with Gasteiger partial charge in [-0.3, -0.25) is 0 Å². The third kappa shape index (κ3) is 17.8. The molecule has 1 rings (SSSR count). The van der Waals surface area contributed by atoms with Gasteiger partial charge in [0.25, 0.3) is 0 Å². The fourth-order valence-electron chi connectivity index (χ4n) is 0.250. The number of rotatable bonds is 0. The number of hydrogen-bond donors (Lipinski definition) is 0. The van der Waals surface area contributed by atoms with Crippen molar-refractivity contribution in [1.82, 2.24) is 0 Å². The van der Waals surface area contributed by atoms with Crippen molar-refractivity contribution < 1.29 is 65.4 Å².